The minimum absolute atomic E-state index is 0.756. The first-order valence-corrected chi connectivity index (χ1v) is 11.1. The molecule has 0 radical (unpaired) electrons. The molecular weight excluding hydrogens is 408 g/mol. The van der Waals surface area contributed by atoms with Crippen molar-refractivity contribution in [1.29, 1.82) is 0 Å². The molecule has 0 spiro atoms. The summed E-state index contributed by atoms with van der Waals surface area (Å²) in [7, 11) is 1.97. The second-order valence-corrected chi connectivity index (χ2v) is 8.85. The van der Waals surface area contributed by atoms with Crippen LogP contribution in [-0.4, -0.2) is 29.7 Å². The molecule has 5 aromatic rings. The van der Waals surface area contributed by atoms with E-state index in [2.05, 4.69) is 43.1 Å². The molecule has 5 rings (SSSR count). The van der Waals surface area contributed by atoms with Crippen molar-refractivity contribution >= 4 is 44.7 Å². The smallest absolute Gasteiger partial charge is 0.197 e. The van der Waals surface area contributed by atoms with E-state index in [1.54, 1.807) is 35.1 Å². The maximum atomic E-state index is 4.73. The number of aromatic nitrogens is 6. The minimum Gasteiger partial charge on any atom is -0.305 e. The summed E-state index contributed by atoms with van der Waals surface area (Å²) in [4.78, 5) is 15.7. The molecule has 0 aliphatic heterocycles. The average molecular weight is 423 g/mol. The fraction of sp³-hybridized carbons (Fsp3) is 0.105. The zero-order valence-electron chi connectivity index (χ0n) is 15.0. The highest BCUT2D eigenvalue weighted by atomic mass is 32.2. The SMILES string of the molecule is Cc1nc(Sc2nnc(-c3ccncc3)n2C)c2c(-c3cccs3)csc2n1. The highest BCUT2D eigenvalue weighted by Gasteiger charge is 2.19. The molecule has 6 nitrogen and oxygen atoms in total. The van der Waals surface area contributed by atoms with E-state index in [4.69, 9.17) is 4.98 Å². The number of hydrogen-bond donors (Lipinski definition) is 0. The van der Waals surface area contributed by atoms with Gasteiger partial charge in [0.2, 0.25) is 0 Å². The van der Waals surface area contributed by atoms with Gasteiger partial charge in [0.05, 0.1) is 5.39 Å². The summed E-state index contributed by atoms with van der Waals surface area (Å²) in [6, 6.07) is 8.05. The first-order valence-electron chi connectivity index (χ1n) is 8.48. The lowest BCUT2D eigenvalue weighted by Crippen LogP contribution is -1.96. The molecule has 0 unspecified atom stereocenters. The molecule has 0 fully saturated rings. The van der Waals surface area contributed by atoms with Gasteiger partial charge in [-0.05, 0) is 42.3 Å². The number of thiophene rings is 2. The Morgan fingerprint density at radius 3 is 2.68 bits per heavy atom. The van der Waals surface area contributed by atoms with Crippen molar-refractivity contribution in [3.05, 3.63) is 53.2 Å². The summed E-state index contributed by atoms with van der Waals surface area (Å²) in [5.74, 6) is 1.56. The molecule has 0 aliphatic carbocycles. The molecule has 0 saturated carbocycles. The van der Waals surface area contributed by atoms with Gasteiger partial charge in [0.1, 0.15) is 15.7 Å². The summed E-state index contributed by atoms with van der Waals surface area (Å²) in [6.45, 7) is 1.92. The Morgan fingerprint density at radius 1 is 1.04 bits per heavy atom. The number of aryl methyl sites for hydroxylation is 1. The average Bonchev–Trinajstić information content (AvgIpc) is 3.43. The van der Waals surface area contributed by atoms with Gasteiger partial charge in [0, 0.05) is 40.8 Å². The predicted octanol–water partition coefficient (Wildman–Crippen LogP) is 5.07. The molecule has 0 amide bonds. The molecule has 0 aliphatic rings. The zero-order chi connectivity index (χ0) is 19.1. The van der Waals surface area contributed by atoms with Crippen LogP contribution < -0.4 is 0 Å². The van der Waals surface area contributed by atoms with E-state index in [0.717, 1.165) is 37.6 Å². The first-order chi connectivity index (χ1) is 13.7. The van der Waals surface area contributed by atoms with Crippen LogP contribution in [0.25, 0.3) is 32.0 Å². The standard InChI is InChI=1S/C19H14N6S3/c1-11-21-17-15(13(10-27-17)14-4-3-9-26-14)18(22-11)28-19-24-23-16(25(19)2)12-5-7-20-8-6-12/h3-10H,1-2H3. The Labute approximate surface area is 173 Å². The van der Waals surface area contributed by atoms with Crippen LogP contribution in [0.4, 0.5) is 0 Å². The largest absolute Gasteiger partial charge is 0.305 e. The van der Waals surface area contributed by atoms with Gasteiger partial charge in [-0.2, -0.15) is 0 Å². The van der Waals surface area contributed by atoms with Crippen LogP contribution in [0.2, 0.25) is 0 Å². The van der Waals surface area contributed by atoms with Crippen LogP contribution in [0.3, 0.4) is 0 Å². The van der Waals surface area contributed by atoms with Gasteiger partial charge in [-0.25, -0.2) is 9.97 Å². The number of pyridine rings is 1. The quantitative estimate of drug-likeness (QED) is 0.377. The Hall–Kier alpha value is -2.62. The third-order valence-corrected chi connectivity index (χ3v) is 7.06. The number of rotatable bonds is 4. The number of fused-ring (bicyclic) bond motifs is 1. The minimum atomic E-state index is 0.756. The van der Waals surface area contributed by atoms with Gasteiger partial charge in [0.15, 0.2) is 11.0 Å². The van der Waals surface area contributed by atoms with Crippen LogP contribution >= 0.6 is 34.4 Å². The van der Waals surface area contributed by atoms with Gasteiger partial charge >= 0.3 is 0 Å². The Bertz CT molecular complexity index is 1260. The topological polar surface area (TPSA) is 69.4 Å². The molecule has 5 heterocycles. The van der Waals surface area contributed by atoms with Gasteiger partial charge in [-0.3, -0.25) is 4.98 Å². The summed E-state index contributed by atoms with van der Waals surface area (Å²) in [5.41, 5.74) is 2.16. The monoisotopic (exact) mass is 422 g/mol. The molecule has 0 bridgehead atoms. The Morgan fingerprint density at radius 2 is 1.89 bits per heavy atom. The van der Waals surface area contributed by atoms with E-state index in [1.165, 1.54) is 22.2 Å². The lowest BCUT2D eigenvalue weighted by Gasteiger charge is -2.06. The predicted molar refractivity (Wildman–Crippen MR) is 114 cm³/mol. The normalized spacial score (nSPS) is 11.4. The van der Waals surface area contributed by atoms with E-state index >= 15 is 0 Å². The van der Waals surface area contributed by atoms with E-state index in [9.17, 15) is 0 Å². The summed E-state index contributed by atoms with van der Waals surface area (Å²) < 4.78 is 1.99. The van der Waals surface area contributed by atoms with Crippen molar-refractivity contribution in [3.8, 4) is 21.8 Å². The second-order valence-electron chi connectivity index (χ2n) is 6.09. The van der Waals surface area contributed by atoms with Crippen molar-refractivity contribution < 1.29 is 0 Å². The molecule has 138 valence electrons. The highest BCUT2D eigenvalue weighted by Crippen LogP contribution is 2.41. The number of nitrogens with zero attached hydrogens (tertiary/aromatic N) is 6. The summed E-state index contributed by atoms with van der Waals surface area (Å²) in [5, 5.41) is 15.8. The fourth-order valence-corrected chi connectivity index (χ4v) is 5.78. The molecule has 0 saturated heterocycles. The zero-order valence-corrected chi connectivity index (χ0v) is 17.5. The van der Waals surface area contributed by atoms with Crippen LogP contribution in [0.1, 0.15) is 5.82 Å². The van der Waals surface area contributed by atoms with E-state index < -0.39 is 0 Å². The van der Waals surface area contributed by atoms with Gasteiger partial charge in [0.25, 0.3) is 0 Å². The maximum absolute atomic E-state index is 4.73. The highest BCUT2D eigenvalue weighted by molar-refractivity contribution is 7.99. The molecule has 0 atom stereocenters. The number of hydrogen-bond acceptors (Lipinski definition) is 8. The maximum Gasteiger partial charge on any atom is 0.197 e. The van der Waals surface area contributed by atoms with Crippen molar-refractivity contribution in [2.24, 2.45) is 7.05 Å². The lowest BCUT2D eigenvalue weighted by atomic mass is 10.2. The fourth-order valence-electron chi connectivity index (χ4n) is 2.94. The van der Waals surface area contributed by atoms with Crippen LogP contribution in [-0.2, 0) is 7.05 Å². The molecule has 0 N–H and O–H groups in total. The van der Waals surface area contributed by atoms with Gasteiger partial charge in [-0.1, -0.05) is 6.07 Å². The second kappa shape index (κ2) is 7.08. The third kappa shape index (κ3) is 3.01. The molecule has 0 aromatic carbocycles. The third-order valence-electron chi connectivity index (χ3n) is 4.26. The molecule has 9 heteroatoms. The van der Waals surface area contributed by atoms with Crippen LogP contribution in [0.5, 0.6) is 0 Å². The Kier molecular flexibility index (Phi) is 4.42. The van der Waals surface area contributed by atoms with Crippen LogP contribution in [0, 0.1) is 6.92 Å². The van der Waals surface area contributed by atoms with E-state index in [0.29, 0.717) is 0 Å². The van der Waals surface area contributed by atoms with E-state index in [1.807, 2.05) is 30.7 Å². The van der Waals surface area contributed by atoms with Crippen molar-refractivity contribution in [2.45, 2.75) is 17.1 Å². The molecule has 28 heavy (non-hydrogen) atoms. The van der Waals surface area contributed by atoms with Crippen molar-refractivity contribution in [1.82, 2.24) is 29.7 Å². The van der Waals surface area contributed by atoms with Crippen molar-refractivity contribution in [2.75, 3.05) is 0 Å². The molecule has 5 aromatic heterocycles. The summed E-state index contributed by atoms with van der Waals surface area (Å²) >= 11 is 4.90. The van der Waals surface area contributed by atoms with Crippen LogP contribution in [0.15, 0.2) is 57.6 Å². The van der Waals surface area contributed by atoms with E-state index in [-0.39, 0.29) is 0 Å². The molecular formula is C19H14N6S3. The summed E-state index contributed by atoms with van der Waals surface area (Å²) in [6.07, 6.45) is 3.51. The first kappa shape index (κ1) is 17.5. The lowest BCUT2D eigenvalue weighted by molar-refractivity contribution is 0.792. The van der Waals surface area contributed by atoms with Crippen molar-refractivity contribution in [3.63, 3.8) is 0 Å². The van der Waals surface area contributed by atoms with Gasteiger partial charge < -0.3 is 4.57 Å². The van der Waals surface area contributed by atoms with Gasteiger partial charge in [-0.15, -0.1) is 32.9 Å². The Balaban J connectivity index is 1.61.